The molecule has 0 radical (unpaired) electrons. The highest BCUT2D eigenvalue weighted by atomic mass is 16.5. The number of aromatic amines is 1. The maximum absolute atomic E-state index is 11.8. The number of rotatable bonds is 9. The van der Waals surface area contributed by atoms with Crippen LogP contribution in [0.5, 0.6) is 0 Å². The number of nitrogens with one attached hydrogen (secondary N) is 2. The molecule has 0 spiro atoms. The lowest BCUT2D eigenvalue weighted by Crippen LogP contribution is -2.27. The van der Waals surface area contributed by atoms with E-state index in [1.807, 2.05) is 30.5 Å². The first-order chi connectivity index (χ1) is 10.3. The zero-order valence-corrected chi connectivity index (χ0v) is 12.2. The largest absolute Gasteiger partial charge is 0.379 e. The van der Waals surface area contributed by atoms with E-state index in [1.54, 1.807) is 0 Å². The second kappa shape index (κ2) is 8.27. The number of H-pyrrole nitrogens is 1. The van der Waals surface area contributed by atoms with E-state index in [4.69, 9.17) is 4.74 Å². The highest BCUT2D eigenvalue weighted by Crippen LogP contribution is 2.18. The van der Waals surface area contributed by atoms with Gasteiger partial charge < -0.3 is 15.0 Å². The van der Waals surface area contributed by atoms with Crippen LogP contribution < -0.4 is 5.32 Å². The van der Waals surface area contributed by atoms with Crippen molar-refractivity contribution < 1.29 is 9.53 Å². The predicted molar refractivity (Wildman–Crippen MR) is 85.3 cm³/mol. The van der Waals surface area contributed by atoms with Gasteiger partial charge in [0.05, 0.1) is 13.2 Å². The Morgan fingerprint density at radius 1 is 1.33 bits per heavy atom. The molecule has 0 saturated heterocycles. The van der Waals surface area contributed by atoms with E-state index < -0.39 is 0 Å². The first-order valence-corrected chi connectivity index (χ1v) is 7.31. The molecule has 4 nitrogen and oxygen atoms in total. The zero-order chi connectivity index (χ0) is 14.9. The van der Waals surface area contributed by atoms with E-state index in [0.717, 1.165) is 18.4 Å². The van der Waals surface area contributed by atoms with Gasteiger partial charge in [0.1, 0.15) is 0 Å². The highest BCUT2D eigenvalue weighted by Gasteiger charge is 2.06. The second-order valence-corrected chi connectivity index (χ2v) is 4.90. The Bertz CT molecular complexity index is 589. The minimum atomic E-state index is 0.0626. The van der Waals surface area contributed by atoms with E-state index in [2.05, 4.69) is 22.9 Å². The van der Waals surface area contributed by atoms with Gasteiger partial charge in [-0.3, -0.25) is 4.79 Å². The minimum absolute atomic E-state index is 0.0626. The van der Waals surface area contributed by atoms with Gasteiger partial charge in [0.25, 0.3) is 0 Å². The summed E-state index contributed by atoms with van der Waals surface area (Å²) in [5, 5.41) is 4.06. The number of aromatic nitrogens is 1. The molecule has 4 heteroatoms. The van der Waals surface area contributed by atoms with Crippen molar-refractivity contribution in [3.63, 3.8) is 0 Å². The summed E-state index contributed by atoms with van der Waals surface area (Å²) < 4.78 is 5.34. The molecule has 1 heterocycles. The first kappa shape index (κ1) is 15.3. The van der Waals surface area contributed by atoms with Crippen LogP contribution in [0.15, 0.2) is 43.1 Å². The van der Waals surface area contributed by atoms with Crippen molar-refractivity contribution in [1.29, 1.82) is 0 Å². The maximum atomic E-state index is 11.8. The summed E-state index contributed by atoms with van der Waals surface area (Å²) in [4.78, 5) is 15.0. The highest BCUT2D eigenvalue weighted by molar-refractivity contribution is 5.84. The molecule has 0 fully saturated rings. The standard InChI is InChI=1S/C17H22N2O2/c1-2-3-11-21-12-10-18-17(20)9-8-14-13-19-16-7-5-4-6-15(14)16/h2,4-7,13,19H,1,3,8-12H2,(H,18,20). The molecule has 1 aromatic heterocycles. The van der Waals surface area contributed by atoms with Crippen LogP contribution in [0.4, 0.5) is 0 Å². The van der Waals surface area contributed by atoms with E-state index >= 15 is 0 Å². The van der Waals surface area contributed by atoms with Gasteiger partial charge in [-0.25, -0.2) is 0 Å². The summed E-state index contributed by atoms with van der Waals surface area (Å²) in [7, 11) is 0. The molecule has 2 rings (SSSR count). The van der Waals surface area contributed by atoms with Crippen LogP contribution in [0.25, 0.3) is 10.9 Å². The number of carbonyl (C=O) groups excluding carboxylic acids is 1. The Morgan fingerprint density at radius 2 is 2.19 bits per heavy atom. The van der Waals surface area contributed by atoms with Crippen molar-refractivity contribution in [3.8, 4) is 0 Å². The normalized spacial score (nSPS) is 10.7. The van der Waals surface area contributed by atoms with Crippen LogP contribution in [0.2, 0.25) is 0 Å². The van der Waals surface area contributed by atoms with Crippen LogP contribution in [0, 0.1) is 0 Å². The maximum Gasteiger partial charge on any atom is 0.220 e. The number of carbonyl (C=O) groups is 1. The second-order valence-electron chi connectivity index (χ2n) is 4.90. The molecule has 0 aliphatic carbocycles. The van der Waals surface area contributed by atoms with Gasteiger partial charge >= 0.3 is 0 Å². The van der Waals surface area contributed by atoms with Crippen molar-refractivity contribution in [2.45, 2.75) is 19.3 Å². The molecule has 0 aliphatic rings. The number of ether oxygens (including phenoxy) is 1. The molecular formula is C17H22N2O2. The number of para-hydroxylation sites is 1. The monoisotopic (exact) mass is 286 g/mol. The third-order valence-electron chi connectivity index (χ3n) is 3.33. The summed E-state index contributed by atoms with van der Waals surface area (Å²) in [6.45, 7) is 5.39. The fourth-order valence-corrected chi connectivity index (χ4v) is 2.21. The Balaban J connectivity index is 1.68. The minimum Gasteiger partial charge on any atom is -0.379 e. The lowest BCUT2D eigenvalue weighted by Gasteiger charge is -2.05. The van der Waals surface area contributed by atoms with Crippen LogP contribution in [-0.4, -0.2) is 30.6 Å². The van der Waals surface area contributed by atoms with Crippen molar-refractivity contribution >= 4 is 16.8 Å². The average molecular weight is 286 g/mol. The molecule has 1 amide bonds. The molecule has 2 N–H and O–H groups in total. The summed E-state index contributed by atoms with van der Waals surface area (Å²) in [6, 6.07) is 8.13. The topological polar surface area (TPSA) is 54.1 Å². The zero-order valence-electron chi connectivity index (χ0n) is 12.2. The van der Waals surface area contributed by atoms with E-state index in [-0.39, 0.29) is 5.91 Å². The van der Waals surface area contributed by atoms with Crippen molar-refractivity contribution in [2.75, 3.05) is 19.8 Å². The summed E-state index contributed by atoms with van der Waals surface area (Å²) in [5.41, 5.74) is 2.30. The van der Waals surface area contributed by atoms with Crippen LogP contribution in [0.1, 0.15) is 18.4 Å². The van der Waals surface area contributed by atoms with Gasteiger partial charge in [0.15, 0.2) is 0 Å². The van der Waals surface area contributed by atoms with E-state index in [9.17, 15) is 4.79 Å². The van der Waals surface area contributed by atoms with Gasteiger partial charge in [0.2, 0.25) is 5.91 Å². The van der Waals surface area contributed by atoms with Gasteiger partial charge in [-0.1, -0.05) is 24.3 Å². The Labute approximate surface area is 125 Å². The molecule has 0 saturated carbocycles. The van der Waals surface area contributed by atoms with Crippen LogP contribution in [-0.2, 0) is 16.0 Å². The predicted octanol–water partition coefficient (Wildman–Crippen LogP) is 2.81. The van der Waals surface area contributed by atoms with Gasteiger partial charge in [0, 0.05) is 30.1 Å². The third-order valence-corrected chi connectivity index (χ3v) is 3.33. The molecule has 0 atom stereocenters. The van der Waals surface area contributed by atoms with Gasteiger partial charge in [-0.2, -0.15) is 0 Å². The summed E-state index contributed by atoms with van der Waals surface area (Å²) >= 11 is 0. The number of hydrogen-bond donors (Lipinski definition) is 2. The average Bonchev–Trinajstić information content (AvgIpc) is 2.92. The number of fused-ring (bicyclic) bond motifs is 1. The smallest absolute Gasteiger partial charge is 0.220 e. The van der Waals surface area contributed by atoms with Crippen molar-refractivity contribution in [2.24, 2.45) is 0 Å². The van der Waals surface area contributed by atoms with Gasteiger partial charge in [-0.15, -0.1) is 6.58 Å². The fourth-order valence-electron chi connectivity index (χ4n) is 2.21. The van der Waals surface area contributed by atoms with Gasteiger partial charge in [-0.05, 0) is 24.5 Å². The quantitative estimate of drug-likeness (QED) is 0.550. The lowest BCUT2D eigenvalue weighted by atomic mass is 10.1. The molecule has 21 heavy (non-hydrogen) atoms. The Kier molecular flexibility index (Phi) is 6.03. The lowest BCUT2D eigenvalue weighted by molar-refractivity contribution is -0.121. The van der Waals surface area contributed by atoms with E-state index in [1.165, 1.54) is 10.9 Å². The van der Waals surface area contributed by atoms with Crippen molar-refractivity contribution in [3.05, 3.63) is 48.7 Å². The van der Waals surface area contributed by atoms with E-state index in [0.29, 0.717) is 26.2 Å². The van der Waals surface area contributed by atoms with Crippen LogP contribution >= 0.6 is 0 Å². The molecule has 0 unspecified atom stereocenters. The molecule has 0 aliphatic heterocycles. The Hall–Kier alpha value is -2.07. The SMILES string of the molecule is C=CCCOCCNC(=O)CCc1c[nH]c2ccccc12. The number of hydrogen-bond acceptors (Lipinski definition) is 2. The first-order valence-electron chi connectivity index (χ1n) is 7.31. The molecule has 2 aromatic rings. The fraction of sp³-hybridized carbons (Fsp3) is 0.353. The summed E-state index contributed by atoms with van der Waals surface area (Å²) in [5.74, 6) is 0.0626. The van der Waals surface area contributed by atoms with Crippen molar-refractivity contribution in [1.82, 2.24) is 10.3 Å². The summed E-state index contributed by atoms with van der Waals surface area (Å²) in [6.07, 6.45) is 5.88. The number of amides is 1. The molecule has 1 aromatic carbocycles. The van der Waals surface area contributed by atoms with Crippen LogP contribution in [0.3, 0.4) is 0 Å². The third kappa shape index (κ3) is 4.76. The number of benzene rings is 1. The molecular weight excluding hydrogens is 264 g/mol. The number of aryl methyl sites for hydroxylation is 1. The molecule has 0 bridgehead atoms. The molecule has 112 valence electrons. The Morgan fingerprint density at radius 3 is 3.05 bits per heavy atom.